The molecule has 0 atom stereocenters. The predicted octanol–water partition coefficient (Wildman–Crippen LogP) is 5.13. The van der Waals surface area contributed by atoms with Crippen LogP contribution >= 0.6 is 34.8 Å². The van der Waals surface area contributed by atoms with E-state index in [4.69, 9.17) is 34.8 Å². The fraction of sp³-hybridized carbons (Fsp3) is 0.133. The summed E-state index contributed by atoms with van der Waals surface area (Å²) >= 11 is 18.5. The largest absolute Gasteiger partial charge is 0.321 e. The number of imidazole rings is 1. The maximum absolute atomic E-state index is 6.30. The molecule has 0 saturated heterocycles. The van der Waals surface area contributed by atoms with E-state index in [9.17, 15) is 0 Å². The molecule has 3 aromatic rings. The molecule has 0 radical (unpaired) electrons. The van der Waals surface area contributed by atoms with Crippen molar-refractivity contribution in [3.63, 3.8) is 0 Å². The van der Waals surface area contributed by atoms with Gasteiger partial charge < -0.3 is 4.57 Å². The van der Waals surface area contributed by atoms with Crippen molar-refractivity contribution in [2.75, 3.05) is 0 Å². The van der Waals surface area contributed by atoms with Gasteiger partial charge in [0.1, 0.15) is 5.82 Å². The van der Waals surface area contributed by atoms with E-state index in [2.05, 4.69) is 4.98 Å². The van der Waals surface area contributed by atoms with Crippen molar-refractivity contribution in [3.8, 4) is 0 Å². The molecule has 0 amide bonds. The Morgan fingerprint density at radius 3 is 2.45 bits per heavy atom. The highest BCUT2D eigenvalue weighted by molar-refractivity contribution is 6.35. The highest BCUT2D eigenvalue weighted by atomic mass is 35.5. The molecule has 0 N–H and O–H groups in total. The zero-order chi connectivity index (χ0) is 14.1. The number of halogens is 3. The van der Waals surface area contributed by atoms with Crippen LogP contribution in [0.2, 0.25) is 10.0 Å². The summed E-state index contributed by atoms with van der Waals surface area (Å²) < 4.78 is 2.02. The molecule has 0 aliphatic rings. The third-order valence-electron chi connectivity index (χ3n) is 3.20. The van der Waals surface area contributed by atoms with Crippen molar-refractivity contribution in [1.82, 2.24) is 9.55 Å². The molecule has 1 aromatic heterocycles. The number of nitrogens with zero attached hydrogens (tertiary/aromatic N) is 2. The van der Waals surface area contributed by atoms with Gasteiger partial charge in [0, 0.05) is 5.02 Å². The summed E-state index contributed by atoms with van der Waals surface area (Å²) in [5, 5.41) is 1.39. The molecule has 20 heavy (non-hydrogen) atoms. The van der Waals surface area contributed by atoms with Crippen molar-refractivity contribution in [1.29, 1.82) is 0 Å². The number of alkyl halides is 1. The van der Waals surface area contributed by atoms with Gasteiger partial charge in [-0.2, -0.15) is 0 Å². The van der Waals surface area contributed by atoms with E-state index in [0.29, 0.717) is 17.4 Å². The summed E-state index contributed by atoms with van der Waals surface area (Å²) in [6.07, 6.45) is 0. The van der Waals surface area contributed by atoms with E-state index in [0.717, 1.165) is 27.4 Å². The first-order valence-corrected chi connectivity index (χ1v) is 7.42. The maximum Gasteiger partial charge on any atom is 0.125 e. The van der Waals surface area contributed by atoms with Crippen molar-refractivity contribution in [2.24, 2.45) is 0 Å². The Hall–Kier alpha value is -1.22. The molecule has 3 rings (SSSR count). The topological polar surface area (TPSA) is 17.8 Å². The smallest absolute Gasteiger partial charge is 0.125 e. The maximum atomic E-state index is 6.30. The molecule has 2 aromatic carbocycles. The van der Waals surface area contributed by atoms with Gasteiger partial charge in [-0.1, -0.05) is 47.5 Å². The second kappa shape index (κ2) is 5.65. The van der Waals surface area contributed by atoms with E-state index in [-0.39, 0.29) is 0 Å². The molecule has 1 heterocycles. The van der Waals surface area contributed by atoms with Gasteiger partial charge in [0.2, 0.25) is 0 Å². The zero-order valence-corrected chi connectivity index (χ0v) is 12.8. The normalized spacial score (nSPS) is 11.2. The zero-order valence-electron chi connectivity index (χ0n) is 10.5. The number of para-hydroxylation sites is 1. The molecule has 0 spiro atoms. The Labute approximate surface area is 131 Å². The van der Waals surface area contributed by atoms with Gasteiger partial charge in [-0.05, 0) is 23.8 Å². The number of hydrogen-bond donors (Lipinski definition) is 0. The van der Waals surface area contributed by atoms with Gasteiger partial charge in [0.25, 0.3) is 0 Å². The number of fused-ring (bicyclic) bond motifs is 1. The number of benzene rings is 2. The fourth-order valence-corrected chi connectivity index (χ4v) is 2.93. The average molecular weight is 326 g/mol. The number of hydrogen-bond acceptors (Lipinski definition) is 1. The van der Waals surface area contributed by atoms with Gasteiger partial charge in [-0.3, -0.25) is 0 Å². The summed E-state index contributed by atoms with van der Waals surface area (Å²) in [7, 11) is 0. The second-order valence-electron chi connectivity index (χ2n) is 4.45. The summed E-state index contributed by atoms with van der Waals surface area (Å²) in [6, 6.07) is 13.4. The lowest BCUT2D eigenvalue weighted by molar-refractivity contribution is 0.779. The van der Waals surface area contributed by atoms with Crippen LogP contribution in [0.4, 0.5) is 0 Å². The first-order valence-electron chi connectivity index (χ1n) is 6.13. The molecule has 0 saturated carbocycles. The lowest BCUT2D eigenvalue weighted by Gasteiger charge is -2.10. The Morgan fingerprint density at radius 1 is 0.950 bits per heavy atom. The van der Waals surface area contributed by atoms with E-state index in [1.165, 1.54) is 0 Å². The first kappa shape index (κ1) is 13.7. The quantitative estimate of drug-likeness (QED) is 0.610. The monoisotopic (exact) mass is 324 g/mol. The molecular weight excluding hydrogens is 315 g/mol. The van der Waals surface area contributed by atoms with Crippen LogP contribution in [0, 0.1) is 0 Å². The van der Waals surface area contributed by atoms with Crippen LogP contribution in [0.5, 0.6) is 0 Å². The Bertz CT molecular complexity index is 765. The highest BCUT2D eigenvalue weighted by Crippen LogP contribution is 2.27. The van der Waals surface area contributed by atoms with E-state index in [1.807, 2.05) is 47.0 Å². The van der Waals surface area contributed by atoms with Crippen LogP contribution in [0.25, 0.3) is 11.0 Å². The summed E-state index contributed by atoms with van der Waals surface area (Å²) in [6.45, 7) is 0.599. The second-order valence-corrected chi connectivity index (χ2v) is 5.53. The van der Waals surface area contributed by atoms with Gasteiger partial charge in [0.15, 0.2) is 0 Å². The van der Waals surface area contributed by atoms with Gasteiger partial charge in [-0.15, -0.1) is 11.6 Å². The number of rotatable bonds is 3. The minimum atomic E-state index is 0.329. The van der Waals surface area contributed by atoms with Crippen molar-refractivity contribution in [3.05, 3.63) is 63.9 Å². The molecule has 2 nitrogen and oxygen atoms in total. The summed E-state index contributed by atoms with van der Waals surface area (Å²) in [5.74, 6) is 1.12. The standard InChI is InChI=1S/C15H11Cl3N2/c16-8-14-19-13-7-3-6-12(18)15(13)20(14)9-10-4-1-2-5-11(10)17/h1-7H,8-9H2. The minimum Gasteiger partial charge on any atom is -0.321 e. The predicted molar refractivity (Wildman–Crippen MR) is 84.9 cm³/mol. The molecule has 0 aliphatic carbocycles. The molecule has 102 valence electrons. The molecule has 0 aliphatic heterocycles. The van der Waals surface area contributed by atoms with Crippen molar-refractivity contribution in [2.45, 2.75) is 12.4 Å². The van der Waals surface area contributed by atoms with Crippen LogP contribution in [-0.4, -0.2) is 9.55 Å². The molecule has 0 fully saturated rings. The van der Waals surface area contributed by atoms with Crippen LogP contribution < -0.4 is 0 Å². The molecule has 0 bridgehead atoms. The average Bonchev–Trinajstić information content (AvgIpc) is 2.81. The fourth-order valence-electron chi connectivity index (χ4n) is 2.26. The Kier molecular flexibility index (Phi) is 3.88. The van der Waals surface area contributed by atoms with E-state index >= 15 is 0 Å². The van der Waals surface area contributed by atoms with E-state index in [1.54, 1.807) is 0 Å². The van der Waals surface area contributed by atoms with Crippen LogP contribution in [0.1, 0.15) is 11.4 Å². The van der Waals surface area contributed by atoms with Crippen LogP contribution in [0.3, 0.4) is 0 Å². The van der Waals surface area contributed by atoms with E-state index < -0.39 is 0 Å². The SMILES string of the molecule is ClCc1nc2cccc(Cl)c2n1Cc1ccccc1Cl. The first-order chi connectivity index (χ1) is 9.70. The lowest BCUT2D eigenvalue weighted by atomic mass is 10.2. The van der Waals surface area contributed by atoms with Crippen molar-refractivity contribution < 1.29 is 0 Å². The summed E-state index contributed by atoms with van der Waals surface area (Å²) in [5.41, 5.74) is 2.75. The lowest BCUT2D eigenvalue weighted by Crippen LogP contribution is -2.04. The van der Waals surface area contributed by atoms with Gasteiger partial charge in [0.05, 0.1) is 28.5 Å². The van der Waals surface area contributed by atoms with Crippen molar-refractivity contribution >= 4 is 45.8 Å². The third-order valence-corrected chi connectivity index (χ3v) is 4.12. The Morgan fingerprint density at radius 2 is 1.70 bits per heavy atom. The summed E-state index contributed by atoms with van der Waals surface area (Å²) in [4.78, 5) is 4.52. The van der Waals surface area contributed by atoms with Gasteiger partial charge in [-0.25, -0.2) is 4.98 Å². The van der Waals surface area contributed by atoms with Crippen LogP contribution in [0.15, 0.2) is 42.5 Å². The minimum absolute atomic E-state index is 0.329. The number of aromatic nitrogens is 2. The molecule has 5 heteroatoms. The van der Waals surface area contributed by atoms with Crippen LogP contribution in [-0.2, 0) is 12.4 Å². The van der Waals surface area contributed by atoms with Gasteiger partial charge >= 0.3 is 0 Å². The third kappa shape index (κ3) is 2.39. The Balaban J connectivity index is 2.17. The molecule has 0 unspecified atom stereocenters. The molecular formula is C15H11Cl3N2. The highest BCUT2D eigenvalue weighted by Gasteiger charge is 2.13.